The average Bonchev–Trinajstić information content (AvgIpc) is 3.56. The van der Waals surface area contributed by atoms with Gasteiger partial charge in [-0.3, -0.25) is 0 Å². The van der Waals surface area contributed by atoms with Crippen molar-refractivity contribution in [3.05, 3.63) is 42.2 Å². The number of nitrogens with one attached hydrogen (secondary N) is 1. The number of halogens is 2. The molecule has 3 heterocycles. The highest BCUT2D eigenvalue weighted by Gasteiger charge is 2.31. The molecule has 0 radical (unpaired) electrons. The topological polar surface area (TPSA) is 98.7 Å². The van der Waals surface area contributed by atoms with Gasteiger partial charge >= 0.3 is 6.09 Å². The van der Waals surface area contributed by atoms with Gasteiger partial charge in [0.15, 0.2) is 17.4 Å². The lowest BCUT2D eigenvalue weighted by atomic mass is 10.2. The summed E-state index contributed by atoms with van der Waals surface area (Å²) in [6, 6.07) is 6.17. The second kappa shape index (κ2) is 9.95. The van der Waals surface area contributed by atoms with Crippen LogP contribution in [0.1, 0.15) is 40.0 Å². The van der Waals surface area contributed by atoms with Crippen LogP contribution in [0.4, 0.5) is 25.1 Å². The Morgan fingerprint density at radius 2 is 1.92 bits per heavy atom. The van der Waals surface area contributed by atoms with Gasteiger partial charge in [-0.1, -0.05) is 0 Å². The van der Waals surface area contributed by atoms with Crippen LogP contribution in [0.5, 0.6) is 11.6 Å². The SMILES string of the molecule is CC(C)(C)OC(=O)N1CC[C@H](Oc2ccc3ncnc(Nc4ccc(OCC5CC5)c(F)c4F)c3n2)C1. The molecule has 1 amide bonds. The summed E-state index contributed by atoms with van der Waals surface area (Å²) >= 11 is 0. The molecule has 0 bridgehead atoms. The van der Waals surface area contributed by atoms with E-state index in [4.69, 9.17) is 14.2 Å². The number of benzene rings is 1. The Morgan fingerprint density at radius 3 is 2.68 bits per heavy atom. The molecule has 2 aromatic heterocycles. The van der Waals surface area contributed by atoms with Gasteiger partial charge in [-0.05, 0) is 57.7 Å². The first-order valence-corrected chi connectivity index (χ1v) is 12.3. The molecule has 1 saturated carbocycles. The van der Waals surface area contributed by atoms with E-state index in [1.165, 1.54) is 18.5 Å². The summed E-state index contributed by atoms with van der Waals surface area (Å²) in [5, 5.41) is 2.82. The van der Waals surface area contributed by atoms with Crippen molar-refractivity contribution in [3.63, 3.8) is 0 Å². The summed E-state index contributed by atoms with van der Waals surface area (Å²) in [6.07, 6.45) is 3.37. The quantitative estimate of drug-likeness (QED) is 0.459. The molecule has 37 heavy (non-hydrogen) atoms. The van der Waals surface area contributed by atoms with E-state index < -0.39 is 17.2 Å². The fourth-order valence-electron chi connectivity index (χ4n) is 3.93. The van der Waals surface area contributed by atoms with Gasteiger partial charge in [0.2, 0.25) is 11.7 Å². The predicted molar refractivity (Wildman–Crippen MR) is 132 cm³/mol. The van der Waals surface area contributed by atoms with Crippen molar-refractivity contribution in [2.24, 2.45) is 5.92 Å². The smallest absolute Gasteiger partial charge is 0.410 e. The highest BCUT2D eigenvalue weighted by molar-refractivity contribution is 5.87. The van der Waals surface area contributed by atoms with E-state index in [0.717, 1.165) is 12.8 Å². The second-order valence-corrected chi connectivity index (χ2v) is 10.3. The van der Waals surface area contributed by atoms with Crippen molar-refractivity contribution in [1.29, 1.82) is 0 Å². The number of hydrogen-bond donors (Lipinski definition) is 1. The molecule has 9 nitrogen and oxygen atoms in total. The summed E-state index contributed by atoms with van der Waals surface area (Å²) in [5.74, 6) is -1.33. The highest BCUT2D eigenvalue weighted by Crippen LogP contribution is 2.33. The van der Waals surface area contributed by atoms with Gasteiger partial charge in [0.1, 0.15) is 23.5 Å². The third-order valence-electron chi connectivity index (χ3n) is 6.01. The second-order valence-electron chi connectivity index (χ2n) is 10.3. The number of carbonyl (C=O) groups excluding carboxylic acids is 1. The number of amides is 1. The molecule has 196 valence electrons. The molecule has 3 aromatic rings. The standard InChI is InChI=1S/C26H29F2N5O4/c1-26(2,3)37-25(34)33-11-10-16(12-33)36-20-9-7-18-23(32-20)24(30-14-29-18)31-17-6-8-19(22(28)21(17)27)35-13-15-4-5-15/h6-9,14-16H,4-5,10-13H2,1-3H3,(H,29,30,31)/t16-/m0/s1. The molecule has 1 atom stereocenters. The number of pyridine rings is 1. The van der Waals surface area contributed by atoms with Crippen molar-refractivity contribution in [1.82, 2.24) is 19.9 Å². The molecule has 1 saturated heterocycles. The summed E-state index contributed by atoms with van der Waals surface area (Å²) in [6.45, 7) is 6.71. The zero-order valence-corrected chi connectivity index (χ0v) is 21.0. The number of likely N-dealkylation sites (tertiary alicyclic amines) is 1. The molecule has 0 unspecified atom stereocenters. The summed E-state index contributed by atoms with van der Waals surface area (Å²) in [4.78, 5) is 26.8. The van der Waals surface area contributed by atoms with Crippen LogP contribution in [0, 0.1) is 17.6 Å². The maximum atomic E-state index is 14.8. The minimum Gasteiger partial charge on any atom is -0.490 e. The van der Waals surface area contributed by atoms with Crippen LogP contribution in [0.3, 0.4) is 0 Å². The van der Waals surface area contributed by atoms with Gasteiger partial charge in [-0.15, -0.1) is 0 Å². The molecule has 1 N–H and O–H groups in total. The van der Waals surface area contributed by atoms with Crippen LogP contribution in [0.15, 0.2) is 30.6 Å². The minimum absolute atomic E-state index is 0.104. The zero-order valence-electron chi connectivity index (χ0n) is 21.0. The molecule has 2 fully saturated rings. The van der Waals surface area contributed by atoms with Crippen LogP contribution < -0.4 is 14.8 Å². The number of ether oxygens (including phenoxy) is 3. The van der Waals surface area contributed by atoms with Gasteiger partial charge in [-0.25, -0.2) is 24.1 Å². The first-order valence-electron chi connectivity index (χ1n) is 12.3. The molecule has 1 aliphatic carbocycles. The van der Waals surface area contributed by atoms with Crippen LogP contribution in [-0.4, -0.2) is 57.3 Å². The maximum absolute atomic E-state index is 14.8. The fraction of sp³-hybridized carbons (Fsp3) is 0.462. The third-order valence-corrected chi connectivity index (χ3v) is 6.01. The molecule has 5 rings (SSSR count). The van der Waals surface area contributed by atoms with Gasteiger partial charge in [0, 0.05) is 19.0 Å². The van der Waals surface area contributed by atoms with Crippen molar-refractivity contribution < 1.29 is 27.8 Å². The first kappa shape index (κ1) is 24.9. The molecule has 2 aliphatic rings. The Morgan fingerprint density at radius 1 is 1.11 bits per heavy atom. The van der Waals surface area contributed by atoms with Crippen molar-refractivity contribution in [3.8, 4) is 11.6 Å². The molecular weight excluding hydrogens is 484 g/mol. The predicted octanol–water partition coefficient (Wildman–Crippen LogP) is 5.22. The molecular formula is C26H29F2N5O4. The van der Waals surface area contributed by atoms with Crippen LogP contribution in [0.2, 0.25) is 0 Å². The van der Waals surface area contributed by atoms with Gasteiger partial charge in [-0.2, -0.15) is 4.39 Å². The monoisotopic (exact) mass is 513 g/mol. The number of aromatic nitrogens is 3. The summed E-state index contributed by atoms with van der Waals surface area (Å²) in [5.41, 5.74) is 0.145. The van der Waals surface area contributed by atoms with Crippen molar-refractivity contribution in [2.75, 3.05) is 25.0 Å². The number of anilines is 2. The van der Waals surface area contributed by atoms with E-state index in [9.17, 15) is 13.6 Å². The van der Waals surface area contributed by atoms with E-state index in [-0.39, 0.29) is 29.5 Å². The number of nitrogens with zero attached hydrogens (tertiary/aromatic N) is 4. The van der Waals surface area contributed by atoms with Gasteiger partial charge < -0.3 is 24.4 Å². The minimum atomic E-state index is -1.07. The van der Waals surface area contributed by atoms with E-state index in [0.29, 0.717) is 48.9 Å². The Hall–Kier alpha value is -3.76. The molecule has 1 aliphatic heterocycles. The lowest BCUT2D eigenvalue weighted by Crippen LogP contribution is -2.36. The van der Waals surface area contributed by atoms with Gasteiger partial charge in [0.25, 0.3) is 0 Å². The summed E-state index contributed by atoms with van der Waals surface area (Å²) < 4.78 is 46.2. The lowest BCUT2D eigenvalue weighted by molar-refractivity contribution is 0.0275. The number of rotatable bonds is 7. The zero-order chi connectivity index (χ0) is 26.2. The lowest BCUT2D eigenvalue weighted by Gasteiger charge is -2.24. The highest BCUT2D eigenvalue weighted by atomic mass is 19.2. The van der Waals surface area contributed by atoms with E-state index in [1.54, 1.807) is 17.0 Å². The van der Waals surface area contributed by atoms with Crippen LogP contribution in [-0.2, 0) is 4.74 Å². The molecule has 0 spiro atoms. The largest absolute Gasteiger partial charge is 0.490 e. The van der Waals surface area contributed by atoms with Crippen molar-refractivity contribution in [2.45, 2.75) is 51.7 Å². The maximum Gasteiger partial charge on any atom is 0.410 e. The number of hydrogen-bond acceptors (Lipinski definition) is 8. The summed E-state index contributed by atoms with van der Waals surface area (Å²) in [7, 11) is 0. The molecule has 11 heteroatoms. The number of carbonyl (C=O) groups is 1. The van der Waals surface area contributed by atoms with Gasteiger partial charge in [0.05, 0.1) is 24.4 Å². The van der Waals surface area contributed by atoms with E-state index in [1.807, 2.05) is 20.8 Å². The van der Waals surface area contributed by atoms with E-state index in [2.05, 4.69) is 20.3 Å². The Bertz CT molecular complexity index is 1310. The normalized spacial score (nSPS) is 17.6. The van der Waals surface area contributed by atoms with Crippen LogP contribution in [0.25, 0.3) is 11.0 Å². The Kier molecular flexibility index (Phi) is 6.70. The van der Waals surface area contributed by atoms with Crippen LogP contribution >= 0.6 is 0 Å². The fourth-order valence-corrected chi connectivity index (χ4v) is 3.93. The third kappa shape index (κ3) is 5.98. The Labute approximate surface area is 213 Å². The number of fused-ring (bicyclic) bond motifs is 1. The Balaban J connectivity index is 1.30. The first-order chi connectivity index (χ1) is 17.7. The van der Waals surface area contributed by atoms with E-state index >= 15 is 0 Å². The average molecular weight is 514 g/mol. The van der Waals surface area contributed by atoms with Crippen molar-refractivity contribution >= 4 is 28.6 Å². The molecule has 1 aromatic carbocycles.